The van der Waals surface area contributed by atoms with Crippen LogP contribution in [0.5, 0.6) is 23.0 Å². The lowest BCUT2D eigenvalue weighted by Gasteiger charge is -2.24. The van der Waals surface area contributed by atoms with Gasteiger partial charge in [-0.2, -0.15) is 0 Å². The fourth-order valence-electron chi connectivity index (χ4n) is 4.09. The maximum atomic E-state index is 6.02. The molecule has 0 fully saturated rings. The van der Waals surface area contributed by atoms with Crippen molar-refractivity contribution in [2.75, 3.05) is 6.79 Å². The Labute approximate surface area is 179 Å². The van der Waals surface area contributed by atoms with Crippen LogP contribution in [0.15, 0.2) is 30.3 Å². The van der Waals surface area contributed by atoms with Gasteiger partial charge < -0.3 is 18.9 Å². The minimum absolute atomic E-state index is 0.117. The lowest BCUT2D eigenvalue weighted by Crippen LogP contribution is -2.28. The molecule has 2 aromatic carbocycles. The Morgan fingerprint density at radius 3 is 2.03 bits per heavy atom. The zero-order chi connectivity index (χ0) is 21.3. The molecule has 5 heteroatoms. The summed E-state index contributed by atoms with van der Waals surface area (Å²) in [5.74, 6) is 3.42. The van der Waals surface area contributed by atoms with Gasteiger partial charge in [0, 0.05) is 19.1 Å². The number of hydrogen-bond acceptors (Lipinski definition) is 5. The Balaban J connectivity index is 1.38. The number of rotatable bonds is 8. The standard InChI is InChI=1S/C25H33NO4/c1-16(2)29-22-9-8-19(10-25(22)30-17(3)4)7-6-18(5)26-13-20-11-23-24(28-15-27-23)12-21(20)14-26/h8-12,16-18H,6-7,13-15H2,1-5H3. The van der Waals surface area contributed by atoms with E-state index in [2.05, 4.69) is 36.1 Å². The molecule has 0 amide bonds. The highest BCUT2D eigenvalue weighted by atomic mass is 16.7. The van der Waals surface area contributed by atoms with E-state index in [0.29, 0.717) is 12.8 Å². The van der Waals surface area contributed by atoms with E-state index in [-0.39, 0.29) is 12.2 Å². The summed E-state index contributed by atoms with van der Waals surface area (Å²) in [5.41, 5.74) is 3.99. The van der Waals surface area contributed by atoms with Crippen LogP contribution in [-0.4, -0.2) is 29.9 Å². The van der Waals surface area contributed by atoms with Crippen LogP contribution in [0.4, 0.5) is 0 Å². The van der Waals surface area contributed by atoms with Crippen molar-refractivity contribution in [3.05, 3.63) is 47.0 Å². The lowest BCUT2D eigenvalue weighted by atomic mass is 10.0. The van der Waals surface area contributed by atoms with Crippen molar-refractivity contribution >= 4 is 0 Å². The highest BCUT2D eigenvalue weighted by Crippen LogP contribution is 2.39. The quantitative estimate of drug-likeness (QED) is 0.587. The van der Waals surface area contributed by atoms with Crippen molar-refractivity contribution in [3.63, 3.8) is 0 Å². The van der Waals surface area contributed by atoms with Gasteiger partial charge >= 0.3 is 0 Å². The second-order valence-electron chi connectivity index (χ2n) is 8.88. The smallest absolute Gasteiger partial charge is 0.231 e. The predicted octanol–water partition coefficient (Wildman–Crippen LogP) is 5.33. The summed E-state index contributed by atoms with van der Waals surface area (Å²) in [7, 11) is 0. The fourth-order valence-corrected chi connectivity index (χ4v) is 4.09. The van der Waals surface area contributed by atoms with Crippen LogP contribution in [0.1, 0.15) is 57.7 Å². The van der Waals surface area contributed by atoms with Crippen LogP contribution in [0.3, 0.4) is 0 Å². The van der Waals surface area contributed by atoms with Crippen LogP contribution >= 0.6 is 0 Å². The number of fused-ring (bicyclic) bond motifs is 2. The molecule has 0 aromatic heterocycles. The molecule has 0 saturated heterocycles. The molecule has 162 valence electrons. The lowest BCUT2D eigenvalue weighted by molar-refractivity contribution is 0.173. The van der Waals surface area contributed by atoms with Gasteiger partial charge in [-0.05, 0) is 88.4 Å². The Bertz CT molecular complexity index is 860. The van der Waals surface area contributed by atoms with Crippen molar-refractivity contribution < 1.29 is 18.9 Å². The molecular weight excluding hydrogens is 378 g/mol. The molecule has 2 aromatic rings. The summed E-state index contributed by atoms with van der Waals surface area (Å²) in [6, 6.07) is 11.1. The summed E-state index contributed by atoms with van der Waals surface area (Å²) in [5, 5.41) is 0. The third-order valence-corrected chi connectivity index (χ3v) is 5.65. The van der Waals surface area contributed by atoms with Gasteiger partial charge in [0.1, 0.15) is 0 Å². The number of nitrogens with zero attached hydrogens (tertiary/aromatic N) is 1. The minimum atomic E-state index is 0.117. The molecule has 4 rings (SSSR count). The summed E-state index contributed by atoms with van der Waals surface area (Å²) >= 11 is 0. The van der Waals surface area contributed by atoms with Crippen molar-refractivity contribution in [1.82, 2.24) is 4.90 Å². The SMILES string of the molecule is CC(C)Oc1ccc(CCC(C)N2Cc3cc4c(cc3C2)OCO4)cc1OC(C)C. The van der Waals surface area contributed by atoms with Crippen LogP contribution in [0, 0.1) is 0 Å². The summed E-state index contributed by atoms with van der Waals surface area (Å²) in [6.45, 7) is 12.8. The second kappa shape index (κ2) is 8.76. The van der Waals surface area contributed by atoms with E-state index in [1.54, 1.807) is 0 Å². The summed E-state index contributed by atoms with van der Waals surface area (Å²) < 4.78 is 23.0. The molecule has 0 spiro atoms. The van der Waals surface area contributed by atoms with E-state index in [1.807, 2.05) is 33.8 Å². The number of aryl methyl sites for hydroxylation is 1. The molecule has 5 nitrogen and oxygen atoms in total. The van der Waals surface area contributed by atoms with Crippen molar-refractivity contribution in [2.24, 2.45) is 0 Å². The van der Waals surface area contributed by atoms with Crippen LogP contribution in [-0.2, 0) is 19.5 Å². The van der Waals surface area contributed by atoms with Crippen LogP contribution < -0.4 is 18.9 Å². The van der Waals surface area contributed by atoms with Crippen LogP contribution in [0.25, 0.3) is 0 Å². The van der Waals surface area contributed by atoms with E-state index in [1.165, 1.54) is 16.7 Å². The zero-order valence-corrected chi connectivity index (χ0v) is 18.7. The number of benzene rings is 2. The van der Waals surface area contributed by atoms with Gasteiger partial charge in [0.15, 0.2) is 23.0 Å². The minimum Gasteiger partial charge on any atom is -0.487 e. The summed E-state index contributed by atoms with van der Waals surface area (Å²) in [6.07, 6.45) is 2.34. The molecule has 1 unspecified atom stereocenters. The predicted molar refractivity (Wildman–Crippen MR) is 118 cm³/mol. The first-order valence-corrected chi connectivity index (χ1v) is 11.0. The Hall–Kier alpha value is -2.40. The topological polar surface area (TPSA) is 40.2 Å². The normalized spacial score (nSPS) is 16.2. The molecule has 1 atom stereocenters. The third kappa shape index (κ3) is 4.67. The molecule has 0 aliphatic carbocycles. The van der Waals surface area contributed by atoms with Crippen molar-refractivity contribution in [1.29, 1.82) is 0 Å². The van der Waals surface area contributed by atoms with E-state index in [4.69, 9.17) is 18.9 Å². The molecule has 0 saturated carbocycles. The maximum Gasteiger partial charge on any atom is 0.231 e. The summed E-state index contributed by atoms with van der Waals surface area (Å²) in [4.78, 5) is 2.53. The third-order valence-electron chi connectivity index (χ3n) is 5.65. The maximum absolute atomic E-state index is 6.02. The first-order chi connectivity index (χ1) is 14.4. The van der Waals surface area contributed by atoms with Crippen molar-refractivity contribution in [3.8, 4) is 23.0 Å². The fraction of sp³-hybridized carbons (Fsp3) is 0.520. The molecule has 2 aliphatic rings. The Morgan fingerprint density at radius 2 is 1.43 bits per heavy atom. The van der Waals surface area contributed by atoms with Gasteiger partial charge in [-0.25, -0.2) is 0 Å². The van der Waals surface area contributed by atoms with E-state index < -0.39 is 0 Å². The molecular formula is C25H33NO4. The average Bonchev–Trinajstić information content (AvgIpc) is 3.30. The molecule has 0 N–H and O–H groups in total. The molecule has 2 heterocycles. The van der Waals surface area contributed by atoms with Gasteiger partial charge in [-0.3, -0.25) is 4.90 Å². The Morgan fingerprint density at radius 1 is 0.833 bits per heavy atom. The molecule has 0 radical (unpaired) electrons. The second-order valence-corrected chi connectivity index (χ2v) is 8.88. The number of ether oxygens (including phenoxy) is 4. The van der Waals surface area contributed by atoms with Gasteiger partial charge in [-0.1, -0.05) is 6.07 Å². The first-order valence-electron chi connectivity index (χ1n) is 11.0. The van der Waals surface area contributed by atoms with Gasteiger partial charge in [0.25, 0.3) is 0 Å². The van der Waals surface area contributed by atoms with Gasteiger partial charge in [-0.15, -0.1) is 0 Å². The van der Waals surface area contributed by atoms with E-state index in [9.17, 15) is 0 Å². The van der Waals surface area contributed by atoms with E-state index in [0.717, 1.165) is 48.9 Å². The Kier molecular flexibility index (Phi) is 6.09. The monoisotopic (exact) mass is 411 g/mol. The van der Waals surface area contributed by atoms with E-state index >= 15 is 0 Å². The van der Waals surface area contributed by atoms with Gasteiger partial charge in [0.2, 0.25) is 6.79 Å². The van der Waals surface area contributed by atoms with Crippen LogP contribution in [0.2, 0.25) is 0 Å². The zero-order valence-electron chi connectivity index (χ0n) is 18.7. The first kappa shape index (κ1) is 20.9. The highest BCUT2D eigenvalue weighted by Gasteiger charge is 2.27. The van der Waals surface area contributed by atoms with Gasteiger partial charge in [0.05, 0.1) is 12.2 Å². The number of hydrogen-bond donors (Lipinski definition) is 0. The molecule has 30 heavy (non-hydrogen) atoms. The largest absolute Gasteiger partial charge is 0.487 e. The van der Waals surface area contributed by atoms with Crippen molar-refractivity contribution in [2.45, 2.75) is 78.8 Å². The molecule has 0 bridgehead atoms. The molecule has 2 aliphatic heterocycles. The highest BCUT2D eigenvalue weighted by molar-refractivity contribution is 5.50. The average molecular weight is 412 g/mol.